The highest BCUT2D eigenvalue weighted by molar-refractivity contribution is 7.71. The summed E-state index contributed by atoms with van der Waals surface area (Å²) < 4.78 is 1.18. The molecule has 8 heteroatoms. The lowest BCUT2D eigenvalue weighted by Gasteiger charge is -1.99. The van der Waals surface area contributed by atoms with Crippen LogP contribution in [0.15, 0.2) is 40.4 Å². The summed E-state index contributed by atoms with van der Waals surface area (Å²) in [5.41, 5.74) is 1.99. The van der Waals surface area contributed by atoms with Crippen molar-refractivity contribution in [2.24, 2.45) is 5.10 Å². The summed E-state index contributed by atoms with van der Waals surface area (Å²) in [7, 11) is 0. The fraction of sp³-hybridized carbons (Fsp3) is 0.0769. The SMILES string of the molecule is Cc1n[nH]c(=S)n(/N=C\c2cnc3ccccc3n2)c1=O. The number of fused-ring (bicyclic) bond motifs is 1. The fourth-order valence-corrected chi connectivity index (χ4v) is 1.90. The lowest BCUT2D eigenvalue weighted by atomic mass is 10.3. The molecule has 0 bridgehead atoms. The quantitative estimate of drug-likeness (QED) is 0.571. The van der Waals surface area contributed by atoms with Crippen molar-refractivity contribution in [3.8, 4) is 0 Å². The molecule has 0 amide bonds. The summed E-state index contributed by atoms with van der Waals surface area (Å²) in [6, 6.07) is 7.50. The molecule has 0 radical (unpaired) electrons. The topological polar surface area (TPSA) is 88.8 Å². The van der Waals surface area contributed by atoms with E-state index in [-0.39, 0.29) is 16.0 Å². The van der Waals surface area contributed by atoms with Gasteiger partial charge in [-0.2, -0.15) is 14.9 Å². The van der Waals surface area contributed by atoms with Crippen molar-refractivity contribution in [2.45, 2.75) is 6.92 Å². The van der Waals surface area contributed by atoms with Gasteiger partial charge in [0.15, 0.2) is 0 Å². The van der Waals surface area contributed by atoms with E-state index in [1.807, 2.05) is 24.3 Å². The first kappa shape index (κ1) is 13.3. The van der Waals surface area contributed by atoms with E-state index in [1.165, 1.54) is 6.21 Å². The predicted molar refractivity (Wildman–Crippen MR) is 80.9 cm³/mol. The Morgan fingerprint density at radius 1 is 1.33 bits per heavy atom. The van der Waals surface area contributed by atoms with Crippen molar-refractivity contribution in [2.75, 3.05) is 0 Å². The molecule has 2 aromatic heterocycles. The second kappa shape index (κ2) is 5.33. The first-order chi connectivity index (χ1) is 10.1. The minimum absolute atomic E-state index is 0.121. The maximum absolute atomic E-state index is 11.9. The number of aromatic nitrogens is 5. The number of nitrogens with zero attached hydrogens (tertiary/aromatic N) is 5. The molecule has 1 N–H and O–H groups in total. The van der Waals surface area contributed by atoms with Crippen LogP contribution in [0.4, 0.5) is 0 Å². The summed E-state index contributed by atoms with van der Waals surface area (Å²) in [5, 5.41) is 10.4. The van der Waals surface area contributed by atoms with Gasteiger partial charge in [-0.3, -0.25) is 14.9 Å². The Bertz CT molecular complexity index is 959. The Morgan fingerprint density at radius 2 is 2.10 bits per heavy atom. The van der Waals surface area contributed by atoms with Crippen LogP contribution >= 0.6 is 12.2 Å². The van der Waals surface area contributed by atoms with E-state index >= 15 is 0 Å². The van der Waals surface area contributed by atoms with Crippen molar-refractivity contribution in [3.05, 3.63) is 57.0 Å². The molecule has 0 spiro atoms. The van der Waals surface area contributed by atoms with Crippen LogP contribution in [0.2, 0.25) is 0 Å². The second-order valence-corrected chi connectivity index (χ2v) is 4.65. The van der Waals surface area contributed by atoms with E-state index in [0.29, 0.717) is 5.69 Å². The molecule has 0 atom stereocenters. The van der Waals surface area contributed by atoms with Gasteiger partial charge in [0.2, 0.25) is 4.77 Å². The maximum atomic E-state index is 11.9. The van der Waals surface area contributed by atoms with Gasteiger partial charge in [0.1, 0.15) is 11.4 Å². The van der Waals surface area contributed by atoms with Crippen LogP contribution in [0.3, 0.4) is 0 Å². The van der Waals surface area contributed by atoms with E-state index in [0.717, 1.165) is 15.7 Å². The zero-order valence-corrected chi connectivity index (χ0v) is 11.8. The summed E-state index contributed by atoms with van der Waals surface area (Å²) in [6.45, 7) is 1.58. The number of nitrogens with one attached hydrogen (secondary N) is 1. The normalized spacial score (nSPS) is 11.3. The van der Waals surface area contributed by atoms with E-state index in [9.17, 15) is 4.79 Å². The molecule has 3 aromatic rings. The maximum Gasteiger partial charge on any atom is 0.296 e. The number of H-pyrrole nitrogens is 1. The van der Waals surface area contributed by atoms with Crippen molar-refractivity contribution >= 4 is 29.5 Å². The van der Waals surface area contributed by atoms with Gasteiger partial charge in [0.25, 0.3) is 5.56 Å². The van der Waals surface area contributed by atoms with Crippen LogP contribution in [0, 0.1) is 11.7 Å². The number of hydrogen-bond donors (Lipinski definition) is 1. The van der Waals surface area contributed by atoms with E-state index < -0.39 is 0 Å². The minimum atomic E-state index is -0.372. The fourth-order valence-electron chi connectivity index (χ4n) is 1.73. The molecule has 3 rings (SSSR count). The van der Waals surface area contributed by atoms with Crippen molar-refractivity contribution in [3.63, 3.8) is 0 Å². The van der Waals surface area contributed by atoms with E-state index in [4.69, 9.17) is 12.2 Å². The number of aromatic amines is 1. The monoisotopic (exact) mass is 298 g/mol. The summed E-state index contributed by atoms with van der Waals surface area (Å²) in [5.74, 6) is 0. The van der Waals surface area contributed by atoms with Gasteiger partial charge < -0.3 is 0 Å². The highest BCUT2D eigenvalue weighted by atomic mass is 32.1. The molecule has 0 saturated carbocycles. The molecule has 0 fully saturated rings. The molecule has 0 aliphatic rings. The third-order valence-electron chi connectivity index (χ3n) is 2.79. The number of para-hydroxylation sites is 2. The van der Waals surface area contributed by atoms with Gasteiger partial charge in [0.05, 0.1) is 23.4 Å². The Balaban J connectivity index is 2.04. The summed E-state index contributed by atoms with van der Waals surface area (Å²) in [6.07, 6.45) is 3.02. The molecule has 1 aromatic carbocycles. The van der Waals surface area contributed by atoms with Crippen LogP contribution in [0.1, 0.15) is 11.4 Å². The molecular weight excluding hydrogens is 288 g/mol. The van der Waals surface area contributed by atoms with Crippen molar-refractivity contribution in [1.82, 2.24) is 24.8 Å². The molecule has 7 nitrogen and oxygen atoms in total. The third-order valence-corrected chi connectivity index (χ3v) is 3.05. The largest absolute Gasteiger partial charge is 0.296 e. The van der Waals surface area contributed by atoms with Crippen LogP contribution in [-0.4, -0.2) is 31.1 Å². The third kappa shape index (κ3) is 2.61. The van der Waals surface area contributed by atoms with Gasteiger partial charge in [0, 0.05) is 0 Å². The van der Waals surface area contributed by atoms with E-state index in [1.54, 1.807) is 13.1 Å². The second-order valence-electron chi connectivity index (χ2n) is 4.26. The molecule has 0 unspecified atom stereocenters. The number of rotatable bonds is 2. The Kier molecular flexibility index (Phi) is 3.36. The summed E-state index contributed by atoms with van der Waals surface area (Å²) in [4.78, 5) is 20.5. The molecular formula is C13H10N6OS. The smallest absolute Gasteiger partial charge is 0.265 e. The summed E-state index contributed by atoms with van der Waals surface area (Å²) >= 11 is 4.99. The van der Waals surface area contributed by atoms with Gasteiger partial charge in [-0.1, -0.05) is 12.1 Å². The van der Waals surface area contributed by atoms with Crippen LogP contribution in [-0.2, 0) is 0 Å². The molecule has 21 heavy (non-hydrogen) atoms. The van der Waals surface area contributed by atoms with Gasteiger partial charge in [-0.25, -0.2) is 4.98 Å². The molecule has 104 valence electrons. The van der Waals surface area contributed by atoms with Gasteiger partial charge in [-0.05, 0) is 31.3 Å². The van der Waals surface area contributed by atoms with E-state index in [2.05, 4.69) is 25.3 Å². The Hall–Kier alpha value is -2.74. The Morgan fingerprint density at radius 3 is 2.90 bits per heavy atom. The first-order valence-corrected chi connectivity index (χ1v) is 6.50. The average molecular weight is 298 g/mol. The molecule has 0 saturated heterocycles. The highest BCUT2D eigenvalue weighted by Gasteiger charge is 2.01. The first-order valence-electron chi connectivity index (χ1n) is 6.09. The minimum Gasteiger partial charge on any atom is -0.265 e. The zero-order chi connectivity index (χ0) is 14.8. The lowest BCUT2D eigenvalue weighted by molar-refractivity contribution is 0.720. The number of hydrogen-bond acceptors (Lipinski definition) is 6. The van der Waals surface area contributed by atoms with Gasteiger partial charge >= 0.3 is 0 Å². The van der Waals surface area contributed by atoms with Crippen LogP contribution in [0.25, 0.3) is 11.0 Å². The van der Waals surface area contributed by atoms with Crippen LogP contribution < -0.4 is 5.56 Å². The average Bonchev–Trinajstić information content (AvgIpc) is 2.51. The molecule has 0 aliphatic heterocycles. The van der Waals surface area contributed by atoms with Crippen molar-refractivity contribution < 1.29 is 0 Å². The lowest BCUT2D eigenvalue weighted by Crippen LogP contribution is -2.22. The number of aryl methyl sites for hydroxylation is 1. The van der Waals surface area contributed by atoms with Crippen LogP contribution in [0.5, 0.6) is 0 Å². The molecule has 2 heterocycles. The zero-order valence-electron chi connectivity index (χ0n) is 11.0. The highest BCUT2D eigenvalue weighted by Crippen LogP contribution is 2.07. The van der Waals surface area contributed by atoms with Gasteiger partial charge in [-0.15, -0.1) is 0 Å². The molecule has 0 aliphatic carbocycles. The standard InChI is InChI=1S/C13H10N6OS/c1-8-12(20)19(13(21)18-17-8)15-7-9-6-14-10-4-2-3-5-11(10)16-9/h2-7H,1H3,(H,18,21)/b15-7-. The Labute approximate surface area is 124 Å². The number of benzene rings is 1. The predicted octanol–water partition coefficient (Wildman–Crippen LogP) is 1.43. The van der Waals surface area contributed by atoms with Crippen molar-refractivity contribution in [1.29, 1.82) is 0 Å².